The fourth-order valence-electron chi connectivity index (χ4n) is 8.67. The Kier molecular flexibility index (Phi) is 17.6. The van der Waals surface area contributed by atoms with Gasteiger partial charge in [0.1, 0.15) is 36.6 Å². The largest absolute Gasteiger partial charge is 0.489 e. The molecule has 0 spiro atoms. The predicted octanol–water partition coefficient (Wildman–Crippen LogP) is 7.08. The molecule has 1 fully saturated rings. The summed E-state index contributed by atoms with van der Waals surface area (Å²) in [5.74, 6) is -1.51. The smallest absolute Gasteiger partial charge is 0.410 e. The van der Waals surface area contributed by atoms with Gasteiger partial charge in [0.25, 0.3) is 0 Å². The van der Waals surface area contributed by atoms with Crippen molar-refractivity contribution < 1.29 is 53.0 Å². The molecule has 12 nitrogen and oxygen atoms in total. The minimum absolute atomic E-state index is 0.00291. The van der Waals surface area contributed by atoms with Crippen molar-refractivity contribution in [3.8, 4) is 11.5 Å². The van der Waals surface area contributed by atoms with Crippen molar-refractivity contribution in [1.29, 1.82) is 0 Å². The highest BCUT2D eigenvalue weighted by molar-refractivity contribution is 6.03. The summed E-state index contributed by atoms with van der Waals surface area (Å²) < 4.78 is 46.6. The molecular weight excluding hydrogens is 747 g/mol. The molecule has 0 saturated heterocycles. The van der Waals surface area contributed by atoms with E-state index in [1.54, 1.807) is 41.3 Å². The van der Waals surface area contributed by atoms with Crippen LogP contribution in [0.1, 0.15) is 75.3 Å². The summed E-state index contributed by atoms with van der Waals surface area (Å²) in [5, 5.41) is 33.9. The van der Waals surface area contributed by atoms with Crippen molar-refractivity contribution in [3.05, 3.63) is 96.4 Å². The van der Waals surface area contributed by atoms with Crippen LogP contribution in [0.3, 0.4) is 0 Å². The molecule has 6 atom stereocenters. The third kappa shape index (κ3) is 10.7. The lowest BCUT2D eigenvalue weighted by Crippen LogP contribution is -2.70. The lowest BCUT2D eigenvalue weighted by Gasteiger charge is -2.59. The summed E-state index contributed by atoms with van der Waals surface area (Å²) in [5.41, 5.74) is 2.85. The van der Waals surface area contributed by atoms with Gasteiger partial charge in [-0.15, -0.1) is 13.2 Å². The molecule has 0 bridgehead atoms. The second-order valence-corrected chi connectivity index (χ2v) is 14.8. The third-order valence-electron chi connectivity index (χ3n) is 11.2. The summed E-state index contributed by atoms with van der Waals surface area (Å²) >= 11 is 0. The maximum atomic E-state index is 14.7. The molecule has 2 aliphatic carbocycles. The molecule has 5 rings (SSSR count). The fourth-order valence-corrected chi connectivity index (χ4v) is 8.67. The number of carbonyl (C=O) groups excluding carboxylic acids is 1. The Morgan fingerprint density at radius 3 is 2.53 bits per heavy atom. The number of ether oxygens (including phenoxy) is 5. The Hall–Kier alpha value is -4.27. The lowest BCUT2D eigenvalue weighted by atomic mass is 9.55. The van der Waals surface area contributed by atoms with E-state index in [4.69, 9.17) is 33.7 Å². The van der Waals surface area contributed by atoms with Crippen LogP contribution in [-0.4, -0.2) is 103 Å². The third-order valence-corrected chi connectivity index (χ3v) is 11.2. The number of amides is 1. The molecule has 1 heterocycles. The van der Waals surface area contributed by atoms with Gasteiger partial charge in [0.2, 0.25) is 5.79 Å². The van der Waals surface area contributed by atoms with E-state index in [0.29, 0.717) is 48.6 Å². The van der Waals surface area contributed by atoms with Crippen molar-refractivity contribution in [3.63, 3.8) is 0 Å². The van der Waals surface area contributed by atoms with Gasteiger partial charge in [-0.1, -0.05) is 54.4 Å². The molecule has 0 unspecified atom stereocenters. The van der Waals surface area contributed by atoms with Gasteiger partial charge >= 0.3 is 6.09 Å². The van der Waals surface area contributed by atoms with Gasteiger partial charge in [0, 0.05) is 43.2 Å². The Balaban J connectivity index is 1.73. The van der Waals surface area contributed by atoms with Gasteiger partial charge in [-0.3, -0.25) is 4.90 Å². The van der Waals surface area contributed by atoms with Crippen LogP contribution in [0.5, 0.6) is 11.5 Å². The van der Waals surface area contributed by atoms with Crippen LogP contribution in [0.25, 0.3) is 0 Å². The molecule has 0 aromatic heterocycles. The number of hydrogen-bond acceptors (Lipinski definition) is 11. The summed E-state index contributed by atoms with van der Waals surface area (Å²) in [7, 11) is 0. The maximum Gasteiger partial charge on any atom is 0.410 e. The quantitative estimate of drug-likeness (QED) is 0.0540. The van der Waals surface area contributed by atoms with Gasteiger partial charge in [-0.2, -0.15) is 0 Å². The van der Waals surface area contributed by atoms with E-state index in [9.17, 15) is 24.5 Å². The van der Waals surface area contributed by atoms with Gasteiger partial charge < -0.3 is 43.8 Å². The Labute approximate surface area is 341 Å². The van der Waals surface area contributed by atoms with E-state index in [1.807, 2.05) is 19.1 Å². The number of allylic oxidation sites excluding steroid dienone is 1. The van der Waals surface area contributed by atoms with E-state index >= 15 is 0 Å². The second-order valence-electron chi connectivity index (χ2n) is 14.8. The lowest BCUT2D eigenvalue weighted by molar-refractivity contribution is -0.256. The van der Waals surface area contributed by atoms with Crippen molar-refractivity contribution in [2.24, 2.45) is 22.9 Å². The number of aliphatic hydroxyl groups excluding tert-OH is 3. The van der Waals surface area contributed by atoms with Crippen molar-refractivity contribution >= 4 is 11.8 Å². The van der Waals surface area contributed by atoms with E-state index in [0.717, 1.165) is 36.8 Å². The van der Waals surface area contributed by atoms with Crippen molar-refractivity contribution in [2.75, 3.05) is 59.4 Å². The number of oxime groups is 1. The van der Waals surface area contributed by atoms with Gasteiger partial charge in [-0.25, -0.2) is 9.18 Å². The Bertz CT molecular complexity index is 1700. The molecule has 3 N–H and O–H groups in total. The first-order chi connectivity index (χ1) is 28.4. The first-order valence-corrected chi connectivity index (χ1v) is 20.7. The topological polar surface area (TPSA) is 149 Å². The summed E-state index contributed by atoms with van der Waals surface area (Å²) in [6, 6.07) is 11.3. The van der Waals surface area contributed by atoms with E-state index in [1.165, 1.54) is 6.07 Å². The first-order valence-electron chi connectivity index (χ1n) is 20.7. The number of hydrogen-bond donors (Lipinski definition) is 3. The summed E-state index contributed by atoms with van der Waals surface area (Å²) in [6.07, 6.45) is 10.1. The molecule has 2 aromatic rings. The average Bonchev–Trinajstić information content (AvgIpc) is 3.23. The molecule has 3 aliphatic rings. The van der Waals surface area contributed by atoms with Crippen LogP contribution in [0.15, 0.2) is 84.6 Å². The van der Waals surface area contributed by atoms with Crippen LogP contribution in [0.2, 0.25) is 0 Å². The van der Waals surface area contributed by atoms with Gasteiger partial charge in [0.15, 0.2) is 0 Å². The normalized spacial score (nSPS) is 23.8. The summed E-state index contributed by atoms with van der Waals surface area (Å²) in [6.45, 7) is 10.4. The minimum Gasteiger partial charge on any atom is -0.489 e. The van der Waals surface area contributed by atoms with Crippen LogP contribution in [0.4, 0.5) is 9.18 Å². The van der Waals surface area contributed by atoms with Crippen LogP contribution in [0, 0.1) is 23.6 Å². The van der Waals surface area contributed by atoms with Crippen molar-refractivity contribution in [2.45, 2.75) is 82.6 Å². The zero-order chi connectivity index (χ0) is 41.3. The average molecular weight is 809 g/mol. The standard InChI is InChI=1S/C45H61FN2O10/c1-4-7-25-54-44(52)48(20-26-53-27-23-51)41-30-39(47-57-6-3)36-28-32(14-10-12-21-49)35(16-11-13-22-50)42-37-29-34(55-31-33-15-8-9-17-38(33)46)18-19-40(37)58-45(41,43(36)42)56-24-5-2/h4-5,8-9,15,17-19,28-29,32,35,41-43,49-51H,1-2,6-7,10-14,16,20-27,30-31H2,3H3/t32-,35+,41-,42+,43+,45+/m0/s1. The monoisotopic (exact) mass is 808 g/mol. The maximum absolute atomic E-state index is 14.7. The Morgan fingerprint density at radius 1 is 1.02 bits per heavy atom. The van der Waals surface area contributed by atoms with Crippen molar-refractivity contribution in [1.82, 2.24) is 4.90 Å². The van der Waals surface area contributed by atoms with Crippen LogP contribution >= 0.6 is 0 Å². The number of fused-ring (bicyclic) bond motifs is 2. The summed E-state index contributed by atoms with van der Waals surface area (Å²) in [4.78, 5) is 21.6. The van der Waals surface area contributed by atoms with Crippen LogP contribution in [-0.2, 0) is 25.7 Å². The number of halogens is 1. The number of benzene rings is 2. The SMILES string of the molecule is C=CCCOC(=O)N(CCOCCO)[C@H]1CC(=NOCC)C2=C[C@H](CCCCO)[C@@H](CCCCO)[C@@H]3c4cc(OCc5ccccc5F)ccc4O[C@@]1(OCC=C)[C@H]23. The predicted molar refractivity (Wildman–Crippen MR) is 218 cm³/mol. The van der Waals surface area contributed by atoms with Crippen LogP contribution < -0.4 is 9.47 Å². The van der Waals surface area contributed by atoms with E-state index in [2.05, 4.69) is 19.2 Å². The number of unbranched alkanes of at least 4 members (excludes halogenated alkanes) is 2. The number of nitrogens with zero attached hydrogens (tertiary/aromatic N) is 2. The van der Waals surface area contributed by atoms with Gasteiger partial charge in [0.05, 0.1) is 44.7 Å². The second kappa shape index (κ2) is 22.8. The number of carbonyl (C=O) groups is 1. The van der Waals surface area contributed by atoms with Gasteiger partial charge in [-0.05, 0) is 80.7 Å². The zero-order valence-corrected chi connectivity index (χ0v) is 33.8. The molecule has 1 amide bonds. The molecule has 2 aromatic carbocycles. The molecule has 58 heavy (non-hydrogen) atoms. The minimum atomic E-state index is -1.49. The highest BCUT2D eigenvalue weighted by atomic mass is 19.1. The molecule has 1 saturated carbocycles. The molecular formula is C45H61FN2O10. The molecule has 1 aliphatic heterocycles. The number of rotatable bonds is 25. The zero-order valence-electron chi connectivity index (χ0n) is 33.8. The first kappa shape index (κ1) is 44.8. The Morgan fingerprint density at radius 2 is 1.81 bits per heavy atom. The van der Waals surface area contributed by atoms with E-state index in [-0.39, 0.29) is 89.4 Å². The highest BCUT2D eigenvalue weighted by Crippen LogP contribution is 2.62. The van der Waals surface area contributed by atoms with E-state index < -0.39 is 23.8 Å². The molecule has 0 radical (unpaired) electrons. The number of aliphatic hydroxyl groups is 3. The fraction of sp³-hybridized carbons (Fsp3) is 0.556. The molecule has 13 heteroatoms. The molecule has 318 valence electrons. The highest BCUT2D eigenvalue weighted by Gasteiger charge is 2.65.